The number of ketones is 1. The van der Waals surface area contributed by atoms with Crippen LogP contribution in [0.1, 0.15) is 11.1 Å². The van der Waals surface area contributed by atoms with Crippen LogP contribution in [0.15, 0.2) is 48.6 Å². The van der Waals surface area contributed by atoms with E-state index in [4.69, 9.17) is 18.9 Å². The van der Waals surface area contributed by atoms with Crippen LogP contribution in [0.4, 0.5) is 0 Å². The molecule has 0 aliphatic rings. The number of ether oxygens (including phenoxy) is 4. The zero-order valence-electron chi connectivity index (χ0n) is 15.5. The Balaban J connectivity index is 2.04. The van der Waals surface area contributed by atoms with Gasteiger partial charge in [0.1, 0.15) is 0 Å². The number of methoxy groups -OCH3 is 3. The van der Waals surface area contributed by atoms with Crippen LogP contribution in [-0.4, -0.2) is 39.0 Å². The number of carbonyl (C=O) groups excluding carboxylic acids is 1. The van der Waals surface area contributed by atoms with E-state index in [2.05, 4.69) is 0 Å². The molecule has 0 heterocycles. The van der Waals surface area contributed by atoms with Gasteiger partial charge in [-0.2, -0.15) is 0 Å². The topological polar surface area (TPSA) is 74.2 Å². The van der Waals surface area contributed by atoms with Crippen molar-refractivity contribution in [1.82, 2.24) is 0 Å². The van der Waals surface area contributed by atoms with E-state index in [0.29, 0.717) is 22.8 Å². The smallest absolute Gasteiger partial charge is 0.188 e. The molecule has 6 nitrogen and oxygen atoms in total. The van der Waals surface area contributed by atoms with Crippen LogP contribution in [0, 0.1) is 0 Å². The second-order valence-corrected chi connectivity index (χ2v) is 5.46. The summed E-state index contributed by atoms with van der Waals surface area (Å²) in [7, 11) is 4.56. The van der Waals surface area contributed by atoms with Crippen LogP contribution in [0.5, 0.6) is 23.0 Å². The van der Waals surface area contributed by atoms with E-state index >= 15 is 0 Å². The summed E-state index contributed by atoms with van der Waals surface area (Å²) in [5.74, 6) is 1.31. The molecule has 0 amide bonds. The van der Waals surface area contributed by atoms with Crippen molar-refractivity contribution in [2.24, 2.45) is 0 Å². The van der Waals surface area contributed by atoms with Crippen LogP contribution in [0.3, 0.4) is 0 Å². The SMILES string of the molecule is COCOc1ccc(C=CC(=O)C=Cc2ccc(OC)c(O)c2)cc1OC. The first-order valence-corrected chi connectivity index (χ1v) is 8.14. The van der Waals surface area contributed by atoms with Crippen LogP contribution in [-0.2, 0) is 9.53 Å². The predicted molar refractivity (Wildman–Crippen MR) is 103 cm³/mol. The first-order chi connectivity index (χ1) is 13.1. The molecule has 27 heavy (non-hydrogen) atoms. The highest BCUT2D eigenvalue weighted by molar-refractivity contribution is 6.04. The highest BCUT2D eigenvalue weighted by Gasteiger charge is 2.05. The minimum Gasteiger partial charge on any atom is -0.504 e. The molecule has 0 aliphatic carbocycles. The molecule has 0 saturated heterocycles. The molecule has 0 radical (unpaired) electrons. The molecule has 0 aliphatic heterocycles. The van der Waals surface area contributed by atoms with Crippen LogP contribution >= 0.6 is 0 Å². The van der Waals surface area contributed by atoms with Crippen molar-refractivity contribution >= 4 is 17.9 Å². The Morgan fingerprint density at radius 2 is 1.48 bits per heavy atom. The van der Waals surface area contributed by atoms with Gasteiger partial charge in [-0.15, -0.1) is 0 Å². The van der Waals surface area contributed by atoms with Crippen LogP contribution in [0.25, 0.3) is 12.2 Å². The maximum Gasteiger partial charge on any atom is 0.188 e. The molecule has 2 aromatic carbocycles. The molecule has 142 valence electrons. The monoisotopic (exact) mass is 370 g/mol. The minimum absolute atomic E-state index is 0.0190. The number of rotatable bonds is 9. The van der Waals surface area contributed by atoms with E-state index < -0.39 is 0 Å². The average molecular weight is 370 g/mol. The summed E-state index contributed by atoms with van der Waals surface area (Å²) in [5.41, 5.74) is 1.48. The quantitative estimate of drug-likeness (QED) is 0.536. The second kappa shape index (κ2) is 10.0. The van der Waals surface area contributed by atoms with E-state index in [0.717, 1.165) is 5.56 Å². The van der Waals surface area contributed by atoms with Crippen molar-refractivity contribution in [3.8, 4) is 23.0 Å². The van der Waals surface area contributed by atoms with Crippen molar-refractivity contribution in [2.45, 2.75) is 0 Å². The molecule has 2 aromatic rings. The third-order valence-electron chi connectivity index (χ3n) is 3.60. The molecule has 0 bridgehead atoms. The van der Waals surface area contributed by atoms with Gasteiger partial charge in [-0.05, 0) is 47.5 Å². The predicted octanol–water partition coefficient (Wildman–Crippen LogP) is 3.69. The number of carbonyl (C=O) groups is 1. The molecule has 0 aromatic heterocycles. The highest BCUT2D eigenvalue weighted by Crippen LogP contribution is 2.29. The van der Waals surface area contributed by atoms with Crippen molar-refractivity contribution in [1.29, 1.82) is 0 Å². The maximum atomic E-state index is 12.0. The summed E-state index contributed by atoms with van der Waals surface area (Å²) in [5, 5.41) is 9.75. The number of hydrogen-bond acceptors (Lipinski definition) is 6. The Bertz CT molecular complexity index is 839. The normalized spacial score (nSPS) is 11.1. The Morgan fingerprint density at radius 1 is 0.889 bits per heavy atom. The number of benzene rings is 2. The van der Waals surface area contributed by atoms with Crippen LogP contribution in [0.2, 0.25) is 0 Å². The van der Waals surface area contributed by atoms with Gasteiger partial charge in [0.25, 0.3) is 0 Å². The maximum absolute atomic E-state index is 12.0. The second-order valence-electron chi connectivity index (χ2n) is 5.46. The number of hydrogen-bond donors (Lipinski definition) is 1. The molecule has 0 spiro atoms. The fraction of sp³-hybridized carbons (Fsp3) is 0.190. The number of allylic oxidation sites excluding steroid dienone is 2. The van der Waals surface area contributed by atoms with Crippen molar-refractivity contribution < 1.29 is 28.8 Å². The van der Waals surface area contributed by atoms with Gasteiger partial charge in [0.15, 0.2) is 35.6 Å². The lowest BCUT2D eigenvalue weighted by atomic mass is 10.1. The van der Waals surface area contributed by atoms with E-state index in [-0.39, 0.29) is 18.3 Å². The van der Waals surface area contributed by atoms with Gasteiger partial charge in [-0.25, -0.2) is 0 Å². The molecular formula is C21H22O6. The Kier molecular flexibility index (Phi) is 7.46. The van der Waals surface area contributed by atoms with Crippen molar-refractivity contribution in [3.63, 3.8) is 0 Å². The zero-order chi connectivity index (χ0) is 19.6. The lowest BCUT2D eigenvalue weighted by Gasteiger charge is -2.10. The molecule has 0 saturated carbocycles. The fourth-order valence-electron chi connectivity index (χ4n) is 2.25. The Morgan fingerprint density at radius 3 is 2.04 bits per heavy atom. The number of phenolic OH excluding ortho intramolecular Hbond substituents is 1. The zero-order valence-corrected chi connectivity index (χ0v) is 15.5. The van der Waals surface area contributed by atoms with Gasteiger partial charge in [-0.3, -0.25) is 4.79 Å². The van der Waals surface area contributed by atoms with Gasteiger partial charge in [0, 0.05) is 7.11 Å². The molecule has 0 atom stereocenters. The summed E-state index contributed by atoms with van der Waals surface area (Å²) >= 11 is 0. The van der Waals surface area contributed by atoms with E-state index in [1.165, 1.54) is 32.4 Å². The van der Waals surface area contributed by atoms with E-state index in [9.17, 15) is 9.90 Å². The number of aromatic hydroxyl groups is 1. The van der Waals surface area contributed by atoms with Crippen LogP contribution < -0.4 is 14.2 Å². The van der Waals surface area contributed by atoms with E-state index in [1.54, 1.807) is 43.5 Å². The van der Waals surface area contributed by atoms with Gasteiger partial charge in [-0.1, -0.05) is 24.3 Å². The lowest BCUT2D eigenvalue weighted by Crippen LogP contribution is -2.00. The minimum atomic E-state index is -0.191. The third-order valence-corrected chi connectivity index (χ3v) is 3.60. The molecule has 0 unspecified atom stereocenters. The molecule has 6 heteroatoms. The van der Waals surface area contributed by atoms with Gasteiger partial charge >= 0.3 is 0 Å². The first kappa shape index (κ1) is 20.1. The van der Waals surface area contributed by atoms with Gasteiger partial charge < -0.3 is 24.1 Å². The van der Waals surface area contributed by atoms with Gasteiger partial charge in [0.05, 0.1) is 14.2 Å². The highest BCUT2D eigenvalue weighted by atomic mass is 16.7. The standard InChI is InChI=1S/C21H22O6/c1-24-14-27-20-11-7-16(13-21(20)26-3)5-9-17(22)8-4-15-6-10-19(25-2)18(23)12-15/h4-13,23H,14H2,1-3H3. The molecular weight excluding hydrogens is 348 g/mol. The Hall–Kier alpha value is -3.25. The first-order valence-electron chi connectivity index (χ1n) is 8.14. The fourth-order valence-corrected chi connectivity index (χ4v) is 2.25. The largest absolute Gasteiger partial charge is 0.504 e. The average Bonchev–Trinajstić information content (AvgIpc) is 2.69. The Labute approximate surface area is 158 Å². The summed E-state index contributed by atoms with van der Waals surface area (Å²) in [6.45, 7) is 0.121. The molecule has 2 rings (SSSR count). The third kappa shape index (κ3) is 5.90. The summed E-state index contributed by atoms with van der Waals surface area (Å²) in [6.07, 6.45) is 6.17. The number of phenols is 1. The lowest BCUT2D eigenvalue weighted by molar-refractivity contribution is -0.110. The summed E-state index contributed by atoms with van der Waals surface area (Å²) in [6, 6.07) is 10.2. The summed E-state index contributed by atoms with van der Waals surface area (Å²) < 4.78 is 20.5. The van der Waals surface area contributed by atoms with E-state index in [1.807, 2.05) is 6.07 Å². The summed E-state index contributed by atoms with van der Waals surface area (Å²) in [4.78, 5) is 12.0. The van der Waals surface area contributed by atoms with Crippen molar-refractivity contribution in [2.75, 3.05) is 28.1 Å². The van der Waals surface area contributed by atoms with Gasteiger partial charge in [0.2, 0.25) is 0 Å². The molecule has 0 fully saturated rings. The molecule has 1 N–H and O–H groups in total. The van der Waals surface area contributed by atoms with Crippen molar-refractivity contribution in [3.05, 3.63) is 59.7 Å².